The van der Waals surface area contributed by atoms with Crippen LogP contribution in [0.2, 0.25) is 0 Å². The number of rotatable bonds is 5. The van der Waals surface area contributed by atoms with E-state index in [2.05, 4.69) is 10.3 Å². The first-order valence-electron chi connectivity index (χ1n) is 6.27. The minimum absolute atomic E-state index is 0.0670. The first-order valence-corrected chi connectivity index (χ1v) is 8.70. The summed E-state index contributed by atoms with van der Waals surface area (Å²) in [4.78, 5) is 27.6. The summed E-state index contributed by atoms with van der Waals surface area (Å²) in [5.74, 6) is -1.17. The van der Waals surface area contributed by atoms with E-state index < -0.39 is 28.5 Å². The van der Waals surface area contributed by atoms with Gasteiger partial charge in [-0.1, -0.05) is 0 Å². The van der Waals surface area contributed by atoms with Gasteiger partial charge in [0.2, 0.25) is 10.0 Å². The second-order valence-corrected chi connectivity index (χ2v) is 6.88. The molecule has 10 heteroatoms. The summed E-state index contributed by atoms with van der Waals surface area (Å²) in [6.07, 6.45) is 0. The molecule has 1 heterocycles. The monoisotopic (exact) mass is 355 g/mol. The highest BCUT2D eigenvalue weighted by molar-refractivity contribution is 7.89. The number of nitrogens with one attached hydrogen (secondary N) is 1. The SMILES string of the molecule is Cc1ncsc1C(=O)OCC(=O)Nc1ccc(S(N)(=O)=O)cc1. The van der Waals surface area contributed by atoms with Gasteiger partial charge in [-0.3, -0.25) is 4.79 Å². The molecule has 0 aliphatic carbocycles. The molecule has 2 rings (SSSR count). The van der Waals surface area contributed by atoms with Crippen molar-refractivity contribution >= 4 is 38.9 Å². The average molecular weight is 355 g/mol. The number of hydrogen-bond acceptors (Lipinski definition) is 7. The summed E-state index contributed by atoms with van der Waals surface area (Å²) >= 11 is 1.13. The van der Waals surface area contributed by atoms with Crippen molar-refractivity contribution < 1.29 is 22.7 Å². The summed E-state index contributed by atoms with van der Waals surface area (Å²) < 4.78 is 27.1. The molecule has 0 saturated heterocycles. The number of benzene rings is 1. The maximum absolute atomic E-state index is 11.7. The number of aromatic nitrogens is 1. The van der Waals surface area contributed by atoms with Gasteiger partial charge >= 0.3 is 5.97 Å². The second kappa shape index (κ2) is 6.86. The Hall–Kier alpha value is -2.30. The summed E-state index contributed by atoms with van der Waals surface area (Å²) in [7, 11) is -3.79. The minimum atomic E-state index is -3.79. The Morgan fingerprint density at radius 1 is 1.30 bits per heavy atom. The zero-order valence-corrected chi connectivity index (χ0v) is 13.6. The molecule has 0 fully saturated rings. The molecule has 0 radical (unpaired) electrons. The van der Waals surface area contributed by atoms with Gasteiger partial charge in [0.25, 0.3) is 5.91 Å². The Morgan fingerprint density at radius 3 is 2.48 bits per heavy atom. The average Bonchev–Trinajstić information content (AvgIpc) is 2.90. The lowest BCUT2D eigenvalue weighted by Crippen LogP contribution is -2.21. The Kier molecular flexibility index (Phi) is 5.08. The molecule has 1 amide bonds. The molecule has 23 heavy (non-hydrogen) atoms. The molecule has 0 bridgehead atoms. The van der Waals surface area contributed by atoms with Crippen molar-refractivity contribution in [1.82, 2.24) is 4.98 Å². The van der Waals surface area contributed by atoms with Crippen molar-refractivity contribution in [3.05, 3.63) is 40.3 Å². The van der Waals surface area contributed by atoms with Gasteiger partial charge in [-0.15, -0.1) is 11.3 Å². The van der Waals surface area contributed by atoms with Gasteiger partial charge in [0.05, 0.1) is 16.1 Å². The molecule has 0 aliphatic heterocycles. The summed E-state index contributed by atoms with van der Waals surface area (Å²) in [6.45, 7) is 1.20. The van der Waals surface area contributed by atoms with Crippen molar-refractivity contribution in [2.45, 2.75) is 11.8 Å². The number of nitrogens with two attached hydrogens (primary N) is 1. The van der Waals surface area contributed by atoms with Gasteiger partial charge in [0, 0.05) is 5.69 Å². The van der Waals surface area contributed by atoms with Gasteiger partial charge in [-0.2, -0.15) is 0 Å². The third-order valence-electron chi connectivity index (χ3n) is 2.73. The number of anilines is 1. The maximum atomic E-state index is 11.7. The van der Waals surface area contributed by atoms with Gasteiger partial charge in [-0.25, -0.2) is 23.3 Å². The Bertz CT molecular complexity index is 828. The predicted octanol–water partition coefficient (Wildman–Crippen LogP) is 0.894. The van der Waals surface area contributed by atoms with Gasteiger partial charge in [-0.05, 0) is 31.2 Å². The Morgan fingerprint density at radius 2 is 1.96 bits per heavy atom. The van der Waals surface area contributed by atoms with E-state index in [1.165, 1.54) is 29.8 Å². The molecule has 0 spiro atoms. The topological polar surface area (TPSA) is 128 Å². The van der Waals surface area contributed by atoms with E-state index in [-0.39, 0.29) is 4.90 Å². The van der Waals surface area contributed by atoms with Crippen molar-refractivity contribution in [3.8, 4) is 0 Å². The minimum Gasteiger partial charge on any atom is -0.451 e. The van der Waals surface area contributed by atoms with Crippen LogP contribution in [0.4, 0.5) is 5.69 Å². The molecule has 3 N–H and O–H groups in total. The number of sulfonamides is 1. The molecule has 0 atom stereocenters. The van der Waals surface area contributed by atoms with Gasteiger partial charge in [0.1, 0.15) is 4.88 Å². The number of primary sulfonamides is 1. The van der Waals surface area contributed by atoms with Crippen LogP contribution >= 0.6 is 11.3 Å². The van der Waals surface area contributed by atoms with Crippen LogP contribution in [0.25, 0.3) is 0 Å². The van der Waals surface area contributed by atoms with Crippen molar-refractivity contribution in [2.75, 3.05) is 11.9 Å². The number of esters is 1. The summed E-state index contributed by atoms with van der Waals surface area (Å²) in [5, 5.41) is 7.44. The predicted molar refractivity (Wildman–Crippen MR) is 83.6 cm³/mol. The first-order chi connectivity index (χ1) is 10.8. The number of carbonyl (C=O) groups excluding carboxylic acids is 2. The number of aryl methyl sites for hydroxylation is 1. The smallest absolute Gasteiger partial charge is 0.350 e. The van der Waals surface area contributed by atoms with E-state index in [4.69, 9.17) is 9.88 Å². The van der Waals surface area contributed by atoms with Crippen molar-refractivity contribution in [2.24, 2.45) is 5.14 Å². The number of thiazole rings is 1. The molecule has 0 unspecified atom stereocenters. The molecular formula is C13H13N3O5S2. The van der Waals surface area contributed by atoms with Gasteiger partial charge in [0.15, 0.2) is 6.61 Å². The molecule has 8 nitrogen and oxygen atoms in total. The van der Waals surface area contributed by atoms with Crippen molar-refractivity contribution in [1.29, 1.82) is 0 Å². The Balaban J connectivity index is 1.90. The molecule has 0 aliphatic rings. The Labute approximate surface area is 136 Å². The van der Waals surface area contributed by atoms with E-state index in [1.54, 1.807) is 6.92 Å². The number of hydrogen-bond donors (Lipinski definition) is 2. The zero-order valence-electron chi connectivity index (χ0n) is 12.0. The fourth-order valence-corrected chi connectivity index (χ4v) is 2.83. The molecule has 1 aromatic carbocycles. The van der Waals surface area contributed by atoms with Crippen LogP contribution in [-0.2, 0) is 19.6 Å². The normalized spacial score (nSPS) is 11.0. The standard InChI is InChI=1S/C13H13N3O5S2/c1-8-12(22-7-15-8)13(18)21-6-11(17)16-9-2-4-10(5-3-9)23(14,19)20/h2-5,7H,6H2,1H3,(H,16,17)(H2,14,19,20). The van der Waals surface area contributed by atoms with E-state index in [0.29, 0.717) is 16.3 Å². The first kappa shape index (κ1) is 17.1. The lowest BCUT2D eigenvalue weighted by molar-refractivity contribution is -0.119. The lowest BCUT2D eigenvalue weighted by Gasteiger charge is -2.06. The van der Waals surface area contributed by atoms with E-state index in [1.807, 2.05) is 0 Å². The van der Waals surface area contributed by atoms with Crippen LogP contribution < -0.4 is 10.5 Å². The highest BCUT2D eigenvalue weighted by atomic mass is 32.2. The highest BCUT2D eigenvalue weighted by Gasteiger charge is 2.15. The van der Waals surface area contributed by atoms with Crippen LogP contribution in [-0.4, -0.2) is 31.9 Å². The summed E-state index contributed by atoms with van der Waals surface area (Å²) in [6, 6.07) is 5.29. The quantitative estimate of drug-likeness (QED) is 0.767. The lowest BCUT2D eigenvalue weighted by atomic mass is 10.3. The molecule has 2 aromatic rings. The second-order valence-electron chi connectivity index (χ2n) is 4.46. The summed E-state index contributed by atoms with van der Waals surface area (Å²) in [5.41, 5.74) is 2.41. The molecular weight excluding hydrogens is 342 g/mol. The fourth-order valence-electron chi connectivity index (χ4n) is 1.62. The highest BCUT2D eigenvalue weighted by Crippen LogP contribution is 2.14. The van der Waals surface area contributed by atoms with Gasteiger partial charge < -0.3 is 10.1 Å². The van der Waals surface area contributed by atoms with Crippen LogP contribution in [0.5, 0.6) is 0 Å². The third-order valence-corrected chi connectivity index (χ3v) is 4.57. The zero-order chi connectivity index (χ0) is 17.0. The third kappa shape index (κ3) is 4.58. The van der Waals surface area contributed by atoms with E-state index >= 15 is 0 Å². The van der Waals surface area contributed by atoms with Crippen molar-refractivity contribution in [3.63, 3.8) is 0 Å². The fraction of sp³-hybridized carbons (Fsp3) is 0.154. The number of carbonyl (C=O) groups is 2. The van der Waals surface area contributed by atoms with Crippen LogP contribution in [0, 0.1) is 6.92 Å². The molecule has 1 aromatic heterocycles. The largest absolute Gasteiger partial charge is 0.451 e. The maximum Gasteiger partial charge on any atom is 0.350 e. The number of amides is 1. The molecule has 0 saturated carbocycles. The van der Waals surface area contributed by atoms with Crippen LogP contribution in [0.1, 0.15) is 15.4 Å². The molecule has 122 valence electrons. The number of nitrogens with zero attached hydrogens (tertiary/aromatic N) is 1. The number of ether oxygens (including phenoxy) is 1. The van der Waals surface area contributed by atoms with Crippen LogP contribution in [0.3, 0.4) is 0 Å². The van der Waals surface area contributed by atoms with E-state index in [0.717, 1.165) is 11.3 Å². The van der Waals surface area contributed by atoms with Crippen LogP contribution in [0.15, 0.2) is 34.7 Å². The van der Waals surface area contributed by atoms with E-state index in [9.17, 15) is 18.0 Å².